The second-order valence-corrected chi connectivity index (χ2v) is 7.10. The second-order valence-electron chi connectivity index (χ2n) is 6.23. The molecule has 0 bridgehead atoms. The molecule has 2 heterocycles. The van der Waals surface area contributed by atoms with Crippen molar-refractivity contribution in [3.8, 4) is 0 Å². The van der Waals surface area contributed by atoms with Gasteiger partial charge in [-0.3, -0.25) is 4.40 Å². The molecule has 0 spiro atoms. The van der Waals surface area contributed by atoms with E-state index in [0.29, 0.717) is 6.04 Å². The zero-order chi connectivity index (χ0) is 13.9. The van der Waals surface area contributed by atoms with E-state index in [2.05, 4.69) is 41.3 Å². The van der Waals surface area contributed by atoms with Gasteiger partial charge in [0.25, 0.3) is 0 Å². The lowest BCUT2D eigenvalue weighted by Crippen LogP contribution is -2.40. The van der Waals surface area contributed by atoms with Crippen LogP contribution in [0.4, 0.5) is 0 Å². The molecule has 4 heteroatoms. The molecule has 1 saturated carbocycles. The van der Waals surface area contributed by atoms with Crippen molar-refractivity contribution in [2.45, 2.75) is 52.0 Å². The molecule has 3 nitrogen and oxygen atoms in total. The molecule has 3 rings (SSSR count). The maximum Gasteiger partial charge on any atom is 0.193 e. The molecule has 1 aliphatic carbocycles. The molecule has 2 aromatic rings. The fraction of sp³-hybridized carbons (Fsp3) is 0.688. The topological polar surface area (TPSA) is 29.3 Å². The number of nitrogens with one attached hydrogen (secondary N) is 1. The van der Waals surface area contributed by atoms with Crippen LogP contribution in [0.3, 0.4) is 0 Å². The molecule has 2 aromatic heterocycles. The zero-order valence-corrected chi connectivity index (χ0v) is 13.3. The Bertz CT molecular complexity index is 516. The van der Waals surface area contributed by atoms with Crippen molar-refractivity contribution in [1.29, 1.82) is 0 Å². The van der Waals surface area contributed by atoms with Gasteiger partial charge in [0.2, 0.25) is 0 Å². The summed E-state index contributed by atoms with van der Waals surface area (Å²) in [7, 11) is 0. The molecular weight excluding hydrogens is 266 g/mol. The monoisotopic (exact) mass is 291 g/mol. The summed E-state index contributed by atoms with van der Waals surface area (Å²) in [5.74, 6) is 1.71. The van der Waals surface area contributed by atoms with E-state index in [-0.39, 0.29) is 0 Å². The van der Waals surface area contributed by atoms with Crippen LogP contribution in [-0.4, -0.2) is 22.0 Å². The maximum absolute atomic E-state index is 4.75. The molecule has 3 unspecified atom stereocenters. The highest BCUT2D eigenvalue weighted by atomic mass is 32.1. The van der Waals surface area contributed by atoms with Crippen LogP contribution in [0.2, 0.25) is 0 Å². The Hall–Kier alpha value is -0.870. The van der Waals surface area contributed by atoms with Gasteiger partial charge in [-0.05, 0) is 31.2 Å². The Kier molecular flexibility index (Phi) is 4.41. The molecule has 1 N–H and O–H groups in total. The Morgan fingerprint density at radius 1 is 1.50 bits per heavy atom. The maximum atomic E-state index is 4.75. The molecule has 0 aliphatic heterocycles. The predicted octanol–water partition coefficient (Wildman–Crippen LogP) is 3.74. The Labute approximate surface area is 125 Å². The third-order valence-electron chi connectivity index (χ3n) is 4.58. The van der Waals surface area contributed by atoms with E-state index in [9.17, 15) is 0 Å². The highest BCUT2D eigenvalue weighted by Crippen LogP contribution is 2.32. The fourth-order valence-corrected chi connectivity index (χ4v) is 4.33. The molecule has 0 radical (unpaired) electrons. The molecule has 1 aliphatic rings. The third kappa shape index (κ3) is 3.07. The Morgan fingerprint density at radius 2 is 2.40 bits per heavy atom. The standard InChI is InChI=1S/C16H25N3S/c1-3-17-15(13-6-4-5-12(2)9-13)10-14-11-19-7-8-20-16(19)18-14/h7-8,11-13,15,17H,3-6,9-10H2,1-2H3. The summed E-state index contributed by atoms with van der Waals surface area (Å²) in [5, 5.41) is 5.81. The first-order valence-electron chi connectivity index (χ1n) is 7.90. The number of aromatic nitrogens is 2. The van der Waals surface area contributed by atoms with Crippen LogP contribution in [0.15, 0.2) is 17.8 Å². The summed E-state index contributed by atoms with van der Waals surface area (Å²) in [6.07, 6.45) is 10.9. The smallest absolute Gasteiger partial charge is 0.193 e. The Morgan fingerprint density at radius 3 is 3.15 bits per heavy atom. The van der Waals surface area contributed by atoms with Crippen molar-refractivity contribution in [1.82, 2.24) is 14.7 Å². The summed E-state index contributed by atoms with van der Waals surface area (Å²) >= 11 is 1.72. The molecule has 110 valence electrons. The highest BCUT2D eigenvalue weighted by Gasteiger charge is 2.26. The van der Waals surface area contributed by atoms with Gasteiger partial charge >= 0.3 is 0 Å². The molecule has 1 fully saturated rings. The van der Waals surface area contributed by atoms with Gasteiger partial charge < -0.3 is 5.32 Å². The van der Waals surface area contributed by atoms with Crippen molar-refractivity contribution < 1.29 is 0 Å². The summed E-state index contributed by atoms with van der Waals surface area (Å²) in [6, 6.07) is 0.590. The largest absolute Gasteiger partial charge is 0.314 e. The average Bonchev–Trinajstić information content (AvgIpc) is 2.99. The summed E-state index contributed by atoms with van der Waals surface area (Å²) in [4.78, 5) is 5.87. The van der Waals surface area contributed by atoms with Crippen molar-refractivity contribution in [2.24, 2.45) is 11.8 Å². The molecule has 20 heavy (non-hydrogen) atoms. The van der Waals surface area contributed by atoms with E-state index in [4.69, 9.17) is 4.98 Å². The minimum atomic E-state index is 0.590. The lowest BCUT2D eigenvalue weighted by Gasteiger charge is -2.33. The first-order valence-corrected chi connectivity index (χ1v) is 8.78. The Balaban J connectivity index is 1.71. The zero-order valence-electron chi connectivity index (χ0n) is 12.5. The van der Waals surface area contributed by atoms with Crippen LogP contribution in [0.25, 0.3) is 4.96 Å². The van der Waals surface area contributed by atoms with Crippen LogP contribution in [-0.2, 0) is 6.42 Å². The molecule has 0 aromatic carbocycles. The molecular formula is C16H25N3S. The number of fused-ring (bicyclic) bond motifs is 1. The van der Waals surface area contributed by atoms with Crippen LogP contribution >= 0.6 is 11.3 Å². The molecule has 0 amide bonds. The first-order chi connectivity index (χ1) is 9.76. The van der Waals surface area contributed by atoms with Gasteiger partial charge in [-0.25, -0.2) is 4.98 Å². The van der Waals surface area contributed by atoms with Crippen LogP contribution in [0.1, 0.15) is 45.2 Å². The number of likely N-dealkylation sites (N-methyl/N-ethyl adjacent to an activating group) is 1. The van der Waals surface area contributed by atoms with Crippen molar-refractivity contribution >= 4 is 16.3 Å². The van der Waals surface area contributed by atoms with E-state index in [0.717, 1.165) is 29.8 Å². The van der Waals surface area contributed by atoms with Gasteiger partial charge in [0.1, 0.15) is 0 Å². The normalized spacial score (nSPS) is 25.1. The average molecular weight is 291 g/mol. The SMILES string of the molecule is CCNC(Cc1cn2ccsc2n1)C1CCCC(C)C1. The second kappa shape index (κ2) is 6.27. The quantitative estimate of drug-likeness (QED) is 0.909. The van der Waals surface area contributed by atoms with E-state index in [1.165, 1.54) is 31.4 Å². The summed E-state index contributed by atoms with van der Waals surface area (Å²) in [6.45, 7) is 5.67. The van der Waals surface area contributed by atoms with Crippen molar-refractivity contribution in [2.75, 3.05) is 6.54 Å². The number of thiazole rings is 1. The number of imidazole rings is 1. The predicted molar refractivity (Wildman–Crippen MR) is 85.4 cm³/mol. The number of hydrogen-bond donors (Lipinski definition) is 1. The van der Waals surface area contributed by atoms with Gasteiger partial charge in [0, 0.05) is 30.2 Å². The minimum Gasteiger partial charge on any atom is -0.314 e. The van der Waals surface area contributed by atoms with Gasteiger partial charge in [-0.2, -0.15) is 0 Å². The van der Waals surface area contributed by atoms with E-state index >= 15 is 0 Å². The van der Waals surface area contributed by atoms with Crippen LogP contribution in [0.5, 0.6) is 0 Å². The molecule has 3 atom stereocenters. The number of hydrogen-bond acceptors (Lipinski definition) is 3. The van der Waals surface area contributed by atoms with E-state index in [1.54, 1.807) is 11.3 Å². The summed E-state index contributed by atoms with van der Waals surface area (Å²) in [5.41, 5.74) is 1.24. The number of rotatable bonds is 5. The van der Waals surface area contributed by atoms with E-state index in [1.807, 2.05) is 0 Å². The van der Waals surface area contributed by atoms with Gasteiger partial charge in [0.05, 0.1) is 5.69 Å². The van der Waals surface area contributed by atoms with E-state index < -0.39 is 0 Å². The lowest BCUT2D eigenvalue weighted by atomic mass is 9.77. The summed E-state index contributed by atoms with van der Waals surface area (Å²) < 4.78 is 2.15. The van der Waals surface area contributed by atoms with Gasteiger partial charge in [0.15, 0.2) is 4.96 Å². The van der Waals surface area contributed by atoms with Gasteiger partial charge in [-0.15, -0.1) is 11.3 Å². The minimum absolute atomic E-state index is 0.590. The molecule has 0 saturated heterocycles. The van der Waals surface area contributed by atoms with Gasteiger partial charge in [-0.1, -0.05) is 26.7 Å². The number of nitrogens with zero attached hydrogens (tertiary/aromatic N) is 2. The third-order valence-corrected chi connectivity index (χ3v) is 5.36. The first kappa shape index (κ1) is 14.1. The van der Waals surface area contributed by atoms with Crippen LogP contribution in [0, 0.1) is 11.8 Å². The van der Waals surface area contributed by atoms with Crippen molar-refractivity contribution in [3.05, 3.63) is 23.5 Å². The van der Waals surface area contributed by atoms with Crippen molar-refractivity contribution in [3.63, 3.8) is 0 Å². The lowest BCUT2D eigenvalue weighted by molar-refractivity contribution is 0.222. The van der Waals surface area contributed by atoms with Crippen LogP contribution < -0.4 is 5.32 Å². The fourth-order valence-electron chi connectivity index (χ4n) is 3.61. The highest BCUT2D eigenvalue weighted by molar-refractivity contribution is 7.15.